The van der Waals surface area contributed by atoms with Gasteiger partial charge in [-0.2, -0.15) is 5.10 Å². The fourth-order valence-electron chi connectivity index (χ4n) is 4.13. The highest BCUT2D eigenvalue weighted by Crippen LogP contribution is 2.24. The Bertz CT molecular complexity index is 820. The third kappa shape index (κ3) is 4.12. The number of aryl methyl sites for hydroxylation is 2. The minimum absolute atomic E-state index is 0.156. The minimum atomic E-state index is -0.156. The van der Waals surface area contributed by atoms with E-state index in [9.17, 15) is 4.79 Å². The molecule has 4 rings (SSSR count). The highest BCUT2D eigenvalue weighted by molar-refractivity contribution is 5.92. The summed E-state index contributed by atoms with van der Waals surface area (Å²) in [4.78, 5) is 14.6. The molecule has 1 N–H and O–H groups in total. The quantitative estimate of drug-likeness (QED) is 0.815. The standard InChI is InChI=1S/C20H29N5O3/c1-3-25-19-6-9-27-13-16(19)18(22-25)12-24-7-4-15(5-8-24)11-21-20(26)17-10-14(2)28-23-17/h10,15H,3-9,11-13H2,1-2H3,(H,21,26). The van der Waals surface area contributed by atoms with Gasteiger partial charge < -0.3 is 14.6 Å². The zero-order valence-electron chi connectivity index (χ0n) is 16.7. The SMILES string of the molecule is CCn1nc(CN2CCC(CNC(=O)c3cc(C)on3)CC2)c2c1CCOC2. The van der Waals surface area contributed by atoms with Crippen LogP contribution in [-0.4, -0.2) is 52.0 Å². The number of likely N-dealkylation sites (tertiary alicyclic amines) is 1. The second-order valence-electron chi connectivity index (χ2n) is 7.74. The summed E-state index contributed by atoms with van der Waals surface area (Å²) in [6, 6.07) is 1.66. The van der Waals surface area contributed by atoms with Crippen LogP contribution in [-0.2, 0) is 30.9 Å². The number of nitrogens with zero attached hydrogens (tertiary/aromatic N) is 4. The first kappa shape index (κ1) is 19.1. The van der Waals surface area contributed by atoms with Crippen LogP contribution in [0, 0.1) is 12.8 Å². The molecular weight excluding hydrogens is 358 g/mol. The molecule has 0 saturated carbocycles. The van der Waals surface area contributed by atoms with Crippen LogP contribution < -0.4 is 5.32 Å². The number of piperidine rings is 1. The molecule has 0 atom stereocenters. The van der Waals surface area contributed by atoms with Crippen LogP contribution in [0.2, 0.25) is 0 Å². The molecule has 2 aromatic rings. The lowest BCUT2D eigenvalue weighted by Gasteiger charge is -2.31. The molecule has 2 aromatic heterocycles. The molecule has 0 aromatic carbocycles. The summed E-state index contributed by atoms with van der Waals surface area (Å²) in [6.07, 6.45) is 3.11. The molecule has 0 spiro atoms. The molecule has 1 fully saturated rings. The Balaban J connectivity index is 1.27. The summed E-state index contributed by atoms with van der Waals surface area (Å²) in [7, 11) is 0. The molecular formula is C20H29N5O3. The van der Waals surface area contributed by atoms with Crippen LogP contribution in [0.4, 0.5) is 0 Å². The van der Waals surface area contributed by atoms with Gasteiger partial charge in [0.05, 0.1) is 18.9 Å². The van der Waals surface area contributed by atoms with Crippen molar-refractivity contribution in [2.75, 3.05) is 26.2 Å². The number of hydrogen-bond acceptors (Lipinski definition) is 6. The number of carbonyl (C=O) groups is 1. The Kier molecular flexibility index (Phi) is 5.77. The van der Waals surface area contributed by atoms with Crippen molar-refractivity contribution in [3.05, 3.63) is 34.5 Å². The lowest BCUT2D eigenvalue weighted by atomic mass is 9.96. The number of ether oxygens (including phenoxy) is 1. The molecule has 152 valence electrons. The van der Waals surface area contributed by atoms with Crippen molar-refractivity contribution in [1.82, 2.24) is 25.2 Å². The normalized spacial score (nSPS) is 18.2. The predicted molar refractivity (Wildman–Crippen MR) is 103 cm³/mol. The fourth-order valence-corrected chi connectivity index (χ4v) is 4.13. The maximum Gasteiger partial charge on any atom is 0.273 e. The van der Waals surface area contributed by atoms with Gasteiger partial charge in [-0.1, -0.05) is 5.16 Å². The molecule has 4 heterocycles. The monoisotopic (exact) mass is 387 g/mol. The molecule has 0 radical (unpaired) electrons. The first-order valence-corrected chi connectivity index (χ1v) is 10.2. The lowest BCUT2D eigenvalue weighted by Crippen LogP contribution is -2.38. The first-order valence-electron chi connectivity index (χ1n) is 10.2. The van der Waals surface area contributed by atoms with Crippen molar-refractivity contribution >= 4 is 5.91 Å². The van der Waals surface area contributed by atoms with Gasteiger partial charge in [0.15, 0.2) is 5.69 Å². The van der Waals surface area contributed by atoms with Gasteiger partial charge in [-0.3, -0.25) is 14.4 Å². The number of rotatable bonds is 6. The highest BCUT2D eigenvalue weighted by atomic mass is 16.5. The summed E-state index contributed by atoms with van der Waals surface area (Å²) in [5.74, 6) is 0.992. The second kappa shape index (κ2) is 8.45. The van der Waals surface area contributed by atoms with E-state index in [-0.39, 0.29) is 5.91 Å². The number of aromatic nitrogens is 3. The van der Waals surface area contributed by atoms with Gasteiger partial charge in [-0.15, -0.1) is 0 Å². The van der Waals surface area contributed by atoms with E-state index in [2.05, 4.69) is 27.0 Å². The van der Waals surface area contributed by atoms with E-state index in [1.165, 1.54) is 17.0 Å². The van der Waals surface area contributed by atoms with Crippen LogP contribution in [0.5, 0.6) is 0 Å². The number of fused-ring (bicyclic) bond motifs is 1. The Morgan fingerprint density at radius 1 is 1.36 bits per heavy atom. The summed E-state index contributed by atoms with van der Waals surface area (Å²) >= 11 is 0. The van der Waals surface area contributed by atoms with Crippen LogP contribution >= 0.6 is 0 Å². The van der Waals surface area contributed by atoms with E-state index in [0.717, 1.165) is 52.0 Å². The summed E-state index contributed by atoms with van der Waals surface area (Å²) in [5, 5.41) is 11.6. The third-order valence-electron chi connectivity index (χ3n) is 5.77. The minimum Gasteiger partial charge on any atom is -0.376 e. The van der Waals surface area contributed by atoms with E-state index in [4.69, 9.17) is 14.4 Å². The molecule has 8 heteroatoms. The summed E-state index contributed by atoms with van der Waals surface area (Å²) < 4.78 is 12.8. The number of hydrogen-bond donors (Lipinski definition) is 1. The Hall–Kier alpha value is -2.19. The molecule has 0 aliphatic carbocycles. The maximum absolute atomic E-state index is 12.1. The van der Waals surface area contributed by atoms with E-state index in [1.54, 1.807) is 13.0 Å². The molecule has 0 unspecified atom stereocenters. The zero-order chi connectivity index (χ0) is 19.5. The van der Waals surface area contributed by atoms with Crippen molar-refractivity contribution in [2.24, 2.45) is 5.92 Å². The smallest absolute Gasteiger partial charge is 0.273 e. The van der Waals surface area contributed by atoms with Gasteiger partial charge in [0, 0.05) is 43.4 Å². The van der Waals surface area contributed by atoms with Crippen LogP contribution in [0.25, 0.3) is 0 Å². The molecule has 8 nitrogen and oxygen atoms in total. The second-order valence-corrected chi connectivity index (χ2v) is 7.74. The van der Waals surface area contributed by atoms with Crippen molar-refractivity contribution in [3.8, 4) is 0 Å². The maximum atomic E-state index is 12.1. The topological polar surface area (TPSA) is 85.4 Å². The van der Waals surface area contributed by atoms with Crippen molar-refractivity contribution in [1.29, 1.82) is 0 Å². The Morgan fingerprint density at radius 2 is 2.18 bits per heavy atom. The van der Waals surface area contributed by atoms with Crippen LogP contribution in [0.15, 0.2) is 10.6 Å². The number of carbonyl (C=O) groups excluding carboxylic acids is 1. The van der Waals surface area contributed by atoms with Crippen molar-refractivity contribution < 1.29 is 14.1 Å². The van der Waals surface area contributed by atoms with E-state index >= 15 is 0 Å². The van der Waals surface area contributed by atoms with Gasteiger partial charge in [-0.05, 0) is 45.7 Å². The van der Waals surface area contributed by atoms with Gasteiger partial charge in [0.25, 0.3) is 5.91 Å². The summed E-state index contributed by atoms with van der Waals surface area (Å²) in [6.45, 7) is 9.95. The van der Waals surface area contributed by atoms with Crippen molar-refractivity contribution in [3.63, 3.8) is 0 Å². The molecule has 0 bridgehead atoms. The number of nitrogens with one attached hydrogen (secondary N) is 1. The third-order valence-corrected chi connectivity index (χ3v) is 5.77. The molecule has 2 aliphatic heterocycles. The predicted octanol–water partition coefficient (Wildman–Crippen LogP) is 1.91. The largest absolute Gasteiger partial charge is 0.376 e. The van der Waals surface area contributed by atoms with E-state index in [1.807, 2.05) is 0 Å². The van der Waals surface area contributed by atoms with Gasteiger partial charge in [0.2, 0.25) is 0 Å². The molecule has 2 aliphatic rings. The average Bonchev–Trinajstić information content (AvgIpc) is 3.31. The van der Waals surface area contributed by atoms with Crippen LogP contribution in [0.3, 0.4) is 0 Å². The molecule has 1 saturated heterocycles. The molecule has 1 amide bonds. The Labute approximate surface area is 165 Å². The summed E-state index contributed by atoms with van der Waals surface area (Å²) in [5.41, 5.74) is 4.17. The van der Waals surface area contributed by atoms with Gasteiger partial charge >= 0.3 is 0 Å². The van der Waals surface area contributed by atoms with Crippen LogP contribution in [0.1, 0.15) is 53.0 Å². The number of amides is 1. The average molecular weight is 387 g/mol. The van der Waals surface area contributed by atoms with Gasteiger partial charge in [-0.25, -0.2) is 0 Å². The molecule has 28 heavy (non-hydrogen) atoms. The fraction of sp³-hybridized carbons (Fsp3) is 0.650. The van der Waals surface area contributed by atoms with Crippen molar-refractivity contribution in [2.45, 2.75) is 52.8 Å². The first-order chi connectivity index (χ1) is 13.6. The zero-order valence-corrected chi connectivity index (χ0v) is 16.7. The van der Waals surface area contributed by atoms with Gasteiger partial charge in [0.1, 0.15) is 5.76 Å². The Morgan fingerprint density at radius 3 is 2.89 bits per heavy atom. The van der Waals surface area contributed by atoms with E-state index in [0.29, 0.717) is 30.5 Å². The lowest BCUT2D eigenvalue weighted by molar-refractivity contribution is 0.0925. The highest BCUT2D eigenvalue weighted by Gasteiger charge is 2.25. The van der Waals surface area contributed by atoms with E-state index < -0.39 is 0 Å².